The summed E-state index contributed by atoms with van der Waals surface area (Å²) in [5, 5.41) is 0. The molecule has 2 rings (SSSR count). The molecular formula is C10H10ClNO3S. The Bertz CT molecular complexity index is 492. The van der Waals surface area contributed by atoms with Crippen LogP contribution in [0, 0.1) is 5.92 Å². The molecule has 6 heteroatoms. The van der Waals surface area contributed by atoms with Crippen molar-refractivity contribution in [2.75, 3.05) is 0 Å². The Hall–Kier alpha value is -1.07. The second-order valence-corrected chi connectivity index (χ2v) is 5.96. The van der Waals surface area contributed by atoms with Crippen LogP contribution in [0.1, 0.15) is 6.42 Å². The minimum atomic E-state index is -3.98. The van der Waals surface area contributed by atoms with E-state index in [0.717, 1.165) is 6.42 Å². The molecule has 0 bridgehead atoms. The van der Waals surface area contributed by atoms with E-state index in [1.165, 1.54) is 0 Å². The summed E-state index contributed by atoms with van der Waals surface area (Å²) in [4.78, 5) is 11.6. The largest absolute Gasteiger partial charge is 0.324 e. The second kappa shape index (κ2) is 4.07. The van der Waals surface area contributed by atoms with Crippen molar-refractivity contribution >= 4 is 25.8 Å². The molecule has 1 aliphatic carbocycles. The fourth-order valence-corrected chi connectivity index (χ4v) is 3.10. The van der Waals surface area contributed by atoms with E-state index < -0.39 is 27.1 Å². The number of allylic oxidation sites excluding steroid dienone is 4. The number of carbonyl (C=O) groups excluding carboxylic acids is 1. The fourth-order valence-electron chi connectivity index (χ4n) is 1.79. The summed E-state index contributed by atoms with van der Waals surface area (Å²) in [5.74, 6) is -0.882. The van der Waals surface area contributed by atoms with E-state index in [1.54, 1.807) is 18.2 Å². The lowest BCUT2D eigenvalue weighted by Crippen LogP contribution is -2.60. The first-order valence-electron chi connectivity index (χ1n) is 4.79. The molecule has 0 spiro atoms. The Morgan fingerprint density at radius 1 is 1.25 bits per heavy atom. The zero-order valence-corrected chi connectivity index (χ0v) is 9.86. The number of amides is 1. The van der Waals surface area contributed by atoms with E-state index in [0.29, 0.717) is 4.31 Å². The van der Waals surface area contributed by atoms with Crippen LogP contribution in [0.25, 0.3) is 0 Å². The van der Waals surface area contributed by atoms with E-state index in [-0.39, 0.29) is 0 Å². The fraction of sp³-hybridized carbons (Fsp3) is 0.300. The summed E-state index contributed by atoms with van der Waals surface area (Å²) in [7, 11) is 1.21. The van der Waals surface area contributed by atoms with Gasteiger partial charge in [0.05, 0.1) is 12.0 Å². The molecule has 16 heavy (non-hydrogen) atoms. The van der Waals surface area contributed by atoms with Crippen LogP contribution < -0.4 is 0 Å². The molecule has 1 heterocycles. The van der Waals surface area contributed by atoms with E-state index in [4.69, 9.17) is 10.7 Å². The first kappa shape index (κ1) is 11.4. The van der Waals surface area contributed by atoms with Crippen LogP contribution in [0.15, 0.2) is 36.5 Å². The molecule has 1 unspecified atom stereocenters. The van der Waals surface area contributed by atoms with Gasteiger partial charge in [-0.1, -0.05) is 36.5 Å². The first-order chi connectivity index (χ1) is 7.52. The van der Waals surface area contributed by atoms with Crippen molar-refractivity contribution in [1.29, 1.82) is 0 Å². The van der Waals surface area contributed by atoms with Crippen LogP contribution in [-0.4, -0.2) is 24.7 Å². The summed E-state index contributed by atoms with van der Waals surface area (Å²) in [6.07, 6.45) is 11.4. The van der Waals surface area contributed by atoms with Gasteiger partial charge in [-0.15, -0.1) is 0 Å². The summed E-state index contributed by atoms with van der Waals surface area (Å²) in [5.41, 5.74) is 0. The first-order valence-corrected chi connectivity index (χ1v) is 7.06. The van der Waals surface area contributed by atoms with Gasteiger partial charge < -0.3 is 0 Å². The Balaban J connectivity index is 2.33. The van der Waals surface area contributed by atoms with Crippen LogP contribution in [0.4, 0.5) is 0 Å². The van der Waals surface area contributed by atoms with Gasteiger partial charge in [0.15, 0.2) is 0 Å². The van der Waals surface area contributed by atoms with Crippen molar-refractivity contribution in [3.05, 3.63) is 36.5 Å². The Kier molecular flexibility index (Phi) is 2.90. The van der Waals surface area contributed by atoms with Crippen LogP contribution >= 0.6 is 10.7 Å². The van der Waals surface area contributed by atoms with E-state index in [1.807, 2.05) is 18.2 Å². The molecule has 4 nitrogen and oxygen atoms in total. The number of hydrogen-bond acceptors (Lipinski definition) is 3. The number of rotatable bonds is 1. The molecule has 0 N–H and O–H groups in total. The molecule has 1 fully saturated rings. The highest BCUT2D eigenvalue weighted by Gasteiger charge is 2.50. The van der Waals surface area contributed by atoms with Gasteiger partial charge in [-0.2, -0.15) is 8.42 Å². The van der Waals surface area contributed by atoms with Crippen molar-refractivity contribution in [2.24, 2.45) is 5.92 Å². The SMILES string of the molecule is O=C1[C@H]2/C=C\C/C=C\C=C/C2N1S(=O)(=O)Cl. The molecule has 0 saturated carbocycles. The van der Waals surface area contributed by atoms with Gasteiger partial charge >= 0.3 is 9.24 Å². The number of halogens is 1. The topological polar surface area (TPSA) is 54.5 Å². The third kappa shape index (κ3) is 1.92. The van der Waals surface area contributed by atoms with Crippen molar-refractivity contribution in [2.45, 2.75) is 12.5 Å². The lowest BCUT2D eigenvalue weighted by Gasteiger charge is -2.41. The van der Waals surface area contributed by atoms with Crippen LogP contribution in [0.3, 0.4) is 0 Å². The highest BCUT2D eigenvalue weighted by Crippen LogP contribution is 2.33. The predicted octanol–water partition coefficient (Wildman–Crippen LogP) is 1.37. The van der Waals surface area contributed by atoms with Gasteiger partial charge in [-0.3, -0.25) is 4.79 Å². The molecule has 1 aliphatic heterocycles. The maximum Gasteiger partial charge on any atom is 0.324 e. The Labute approximate surface area is 98.4 Å². The summed E-state index contributed by atoms with van der Waals surface area (Å²) >= 11 is 0. The highest BCUT2D eigenvalue weighted by molar-refractivity contribution is 8.12. The average molecular weight is 260 g/mol. The van der Waals surface area contributed by atoms with Crippen molar-refractivity contribution < 1.29 is 13.2 Å². The maximum atomic E-state index is 11.6. The molecule has 2 atom stereocenters. The molecular weight excluding hydrogens is 250 g/mol. The van der Waals surface area contributed by atoms with E-state index in [2.05, 4.69) is 0 Å². The second-order valence-electron chi connectivity index (χ2n) is 3.57. The third-order valence-corrected chi connectivity index (χ3v) is 3.89. The van der Waals surface area contributed by atoms with Crippen molar-refractivity contribution in [1.82, 2.24) is 4.31 Å². The molecule has 2 aliphatic rings. The Morgan fingerprint density at radius 3 is 2.69 bits per heavy atom. The zero-order chi connectivity index (χ0) is 11.8. The molecule has 0 aromatic heterocycles. The monoisotopic (exact) mass is 259 g/mol. The molecule has 1 amide bonds. The quantitative estimate of drug-likeness (QED) is 0.406. The van der Waals surface area contributed by atoms with Crippen molar-refractivity contribution in [3.8, 4) is 0 Å². The predicted molar refractivity (Wildman–Crippen MR) is 60.9 cm³/mol. The molecule has 1 saturated heterocycles. The average Bonchev–Trinajstić information content (AvgIpc) is 2.25. The van der Waals surface area contributed by atoms with Crippen LogP contribution in [0.5, 0.6) is 0 Å². The maximum absolute atomic E-state index is 11.6. The number of hydrogen-bond donors (Lipinski definition) is 0. The van der Waals surface area contributed by atoms with Gasteiger partial charge in [0, 0.05) is 10.7 Å². The Morgan fingerprint density at radius 2 is 2.00 bits per heavy atom. The lowest BCUT2D eigenvalue weighted by atomic mass is 9.89. The zero-order valence-electron chi connectivity index (χ0n) is 8.28. The van der Waals surface area contributed by atoms with Gasteiger partial charge in [0.2, 0.25) is 5.91 Å². The minimum absolute atomic E-state index is 0.412. The molecule has 0 aromatic carbocycles. The summed E-state index contributed by atoms with van der Waals surface area (Å²) < 4.78 is 23.0. The van der Waals surface area contributed by atoms with E-state index in [9.17, 15) is 13.2 Å². The van der Waals surface area contributed by atoms with Gasteiger partial charge in [-0.25, -0.2) is 4.31 Å². The number of β-lactam (4-membered cyclic amide) rings is 1. The van der Waals surface area contributed by atoms with Gasteiger partial charge in [0.25, 0.3) is 0 Å². The van der Waals surface area contributed by atoms with Crippen molar-refractivity contribution in [3.63, 3.8) is 0 Å². The van der Waals surface area contributed by atoms with Gasteiger partial charge in [-0.05, 0) is 6.42 Å². The molecule has 0 aromatic rings. The summed E-state index contributed by atoms with van der Waals surface area (Å²) in [6, 6.07) is -0.492. The molecule has 0 radical (unpaired) electrons. The van der Waals surface area contributed by atoms with Crippen LogP contribution in [-0.2, 0) is 14.0 Å². The smallest absolute Gasteiger partial charge is 0.273 e. The number of nitrogens with zero attached hydrogens (tertiary/aromatic N) is 1. The number of fused-ring (bicyclic) bond motifs is 1. The number of carbonyl (C=O) groups is 1. The molecule has 86 valence electrons. The highest BCUT2D eigenvalue weighted by atomic mass is 35.7. The minimum Gasteiger partial charge on any atom is -0.273 e. The van der Waals surface area contributed by atoms with E-state index >= 15 is 0 Å². The van der Waals surface area contributed by atoms with Gasteiger partial charge in [0.1, 0.15) is 0 Å². The summed E-state index contributed by atoms with van der Waals surface area (Å²) in [6.45, 7) is 0. The third-order valence-electron chi connectivity index (χ3n) is 2.55. The normalized spacial score (nSPS) is 35.1. The van der Waals surface area contributed by atoms with Crippen LogP contribution in [0.2, 0.25) is 0 Å². The lowest BCUT2D eigenvalue weighted by molar-refractivity contribution is -0.140. The standard InChI is InChI=1S/C10H10ClNO3S/c11-16(14,15)12-9-7-5-3-1-2-4-6-8(9)10(12)13/h1,3-9H,2H2/b3-1-,6-4-,7-5-/t8-,9?/m0/s1.